The summed E-state index contributed by atoms with van der Waals surface area (Å²) >= 11 is 0. The van der Waals surface area contributed by atoms with Gasteiger partial charge in [-0.05, 0) is 18.1 Å². The first-order valence-corrected chi connectivity index (χ1v) is 6.92. The van der Waals surface area contributed by atoms with E-state index in [9.17, 15) is 4.79 Å². The van der Waals surface area contributed by atoms with Gasteiger partial charge in [0.1, 0.15) is 0 Å². The van der Waals surface area contributed by atoms with Crippen molar-refractivity contribution in [3.05, 3.63) is 35.9 Å². The van der Waals surface area contributed by atoms with Crippen LogP contribution in [-0.2, 0) is 4.79 Å². The van der Waals surface area contributed by atoms with E-state index >= 15 is 0 Å². The number of hydrogen-bond donors (Lipinski definition) is 0. The van der Waals surface area contributed by atoms with Crippen LogP contribution in [0.4, 0.5) is 0 Å². The summed E-state index contributed by atoms with van der Waals surface area (Å²) in [4.78, 5) is 14.3. The van der Waals surface area contributed by atoms with Gasteiger partial charge in [0.2, 0.25) is 6.08 Å². The second-order valence-electron chi connectivity index (χ2n) is 4.61. The third-order valence-electron chi connectivity index (χ3n) is 3.13. The number of rotatable bonds is 9. The Bertz CT molecular complexity index is 355. The van der Waals surface area contributed by atoms with Crippen molar-refractivity contribution >= 4 is 6.08 Å². The van der Waals surface area contributed by atoms with Gasteiger partial charge >= 0.3 is 0 Å². The minimum atomic E-state index is -0.0603. The number of carbonyl (C=O) groups excluding carboxylic acids is 1. The normalized spacial score (nSPS) is 11.8. The third-order valence-corrected chi connectivity index (χ3v) is 3.13. The molecule has 0 amide bonds. The monoisotopic (exact) mass is 244 g/mol. The van der Waals surface area contributed by atoms with E-state index in [2.05, 4.69) is 18.0 Å². The van der Waals surface area contributed by atoms with Gasteiger partial charge in [0.25, 0.3) is 0 Å². The first kappa shape index (κ1) is 14.7. The van der Waals surface area contributed by atoms with Crippen molar-refractivity contribution in [2.75, 3.05) is 0 Å². The van der Waals surface area contributed by atoms with E-state index in [4.69, 9.17) is 0 Å². The Balaban J connectivity index is 2.33. The first-order valence-electron chi connectivity index (χ1n) is 6.92. The summed E-state index contributed by atoms with van der Waals surface area (Å²) in [5.41, 5.74) is 0.995. The minimum Gasteiger partial charge on any atom is -0.211 e. The molecule has 0 aliphatic heterocycles. The van der Waals surface area contributed by atoms with E-state index in [1.165, 1.54) is 32.1 Å². The average Bonchev–Trinajstić information content (AvgIpc) is 2.42. The highest BCUT2D eigenvalue weighted by Gasteiger charge is 2.09. The topological polar surface area (TPSA) is 29.4 Å². The minimum absolute atomic E-state index is 0.0603. The molecule has 1 radical (unpaired) electrons. The fourth-order valence-electron chi connectivity index (χ4n) is 2.09. The van der Waals surface area contributed by atoms with Crippen LogP contribution in [0.1, 0.15) is 63.5 Å². The molecule has 18 heavy (non-hydrogen) atoms. The summed E-state index contributed by atoms with van der Waals surface area (Å²) < 4.78 is 0. The van der Waals surface area contributed by atoms with Gasteiger partial charge in [-0.25, -0.2) is 4.79 Å². The van der Waals surface area contributed by atoms with Crippen LogP contribution in [0.3, 0.4) is 0 Å². The molecular weight excluding hydrogens is 222 g/mol. The predicted octanol–water partition coefficient (Wildman–Crippen LogP) is 4.61. The maximum Gasteiger partial charge on any atom is 0.235 e. The van der Waals surface area contributed by atoms with Crippen molar-refractivity contribution in [3.63, 3.8) is 0 Å². The zero-order valence-electron chi connectivity index (χ0n) is 11.2. The van der Waals surface area contributed by atoms with Crippen LogP contribution in [0, 0.1) is 6.07 Å². The Morgan fingerprint density at radius 3 is 2.67 bits per heavy atom. The molecular formula is C16H22NO. The lowest BCUT2D eigenvalue weighted by Gasteiger charge is -2.10. The second-order valence-corrected chi connectivity index (χ2v) is 4.61. The summed E-state index contributed by atoms with van der Waals surface area (Å²) in [6.07, 6.45) is 10.1. The van der Waals surface area contributed by atoms with Gasteiger partial charge < -0.3 is 0 Å². The number of isocyanates is 1. The van der Waals surface area contributed by atoms with E-state index in [0.717, 1.165) is 18.4 Å². The zero-order chi connectivity index (χ0) is 13.1. The average molecular weight is 244 g/mol. The molecule has 0 fully saturated rings. The maximum atomic E-state index is 10.5. The van der Waals surface area contributed by atoms with E-state index in [1.807, 2.05) is 24.3 Å². The molecule has 2 heteroatoms. The third kappa shape index (κ3) is 5.79. The smallest absolute Gasteiger partial charge is 0.211 e. The Hall–Kier alpha value is -1.40. The molecule has 1 aromatic rings. The SMILES string of the molecule is CCCCCCCCC(N=C=O)c1[c]cccc1. The van der Waals surface area contributed by atoms with Gasteiger partial charge in [-0.1, -0.05) is 69.7 Å². The lowest BCUT2D eigenvalue weighted by Crippen LogP contribution is -1.95. The van der Waals surface area contributed by atoms with Crippen molar-refractivity contribution in [2.24, 2.45) is 4.99 Å². The Labute approximate surface area is 110 Å². The zero-order valence-corrected chi connectivity index (χ0v) is 11.2. The molecule has 0 saturated carbocycles. The number of benzene rings is 1. The van der Waals surface area contributed by atoms with Gasteiger partial charge in [0.15, 0.2) is 0 Å². The van der Waals surface area contributed by atoms with Crippen LogP contribution in [0.15, 0.2) is 29.3 Å². The van der Waals surface area contributed by atoms with E-state index in [1.54, 1.807) is 6.08 Å². The van der Waals surface area contributed by atoms with Crippen LogP contribution in [-0.4, -0.2) is 6.08 Å². The molecule has 0 aliphatic rings. The highest BCUT2D eigenvalue weighted by Crippen LogP contribution is 2.23. The molecule has 0 heterocycles. The fraction of sp³-hybridized carbons (Fsp3) is 0.562. The summed E-state index contributed by atoms with van der Waals surface area (Å²) in [6, 6.07) is 10.8. The number of aliphatic imine (C=N–C) groups is 1. The predicted molar refractivity (Wildman–Crippen MR) is 74.1 cm³/mol. The Kier molecular flexibility index (Phi) is 7.83. The molecule has 0 bridgehead atoms. The van der Waals surface area contributed by atoms with Gasteiger partial charge in [-0.2, -0.15) is 4.99 Å². The molecule has 1 unspecified atom stereocenters. The molecule has 97 valence electrons. The summed E-state index contributed by atoms with van der Waals surface area (Å²) in [6.45, 7) is 2.22. The van der Waals surface area contributed by atoms with Crippen molar-refractivity contribution in [2.45, 2.75) is 57.9 Å². The van der Waals surface area contributed by atoms with Gasteiger partial charge in [-0.15, -0.1) is 0 Å². The van der Waals surface area contributed by atoms with E-state index in [-0.39, 0.29) is 6.04 Å². The summed E-state index contributed by atoms with van der Waals surface area (Å²) in [5, 5.41) is 0. The molecule has 1 atom stereocenters. The molecule has 0 saturated heterocycles. The van der Waals surface area contributed by atoms with Gasteiger partial charge in [0.05, 0.1) is 6.04 Å². The fourth-order valence-corrected chi connectivity index (χ4v) is 2.09. The largest absolute Gasteiger partial charge is 0.235 e. The van der Waals surface area contributed by atoms with Gasteiger partial charge in [0, 0.05) is 0 Å². The molecule has 0 N–H and O–H groups in total. The van der Waals surface area contributed by atoms with Crippen molar-refractivity contribution in [1.82, 2.24) is 0 Å². The van der Waals surface area contributed by atoms with E-state index < -0.39 is 0 Å². The number of hydrogen-bond acceptors (Lipinski definition) is 2. The van der Waals surface area contributed by atoms with Crippen LogP contribution < -0.4 is 0 Å². The standard InChI is InChI=1S/C16H22NO/c1-2-3-4-5-6-10-13-16(17-14-18)15-11-8-7-9-12-15/h7-9,11,16H,2-6,10,13H2,1H3. The maximum absolute atomic E-state index is 10.5. The highest BCUT2D eigenvalue weighted by molar-refractivity contribution is 5.35. The molecule has 0 aliphatic carbocycles. The molecule has 2 nitrogen and oxygen atoms in total. The molecule has 1 aromatic carbocycles. The Morgan fingerprint density at radius 2 is 2.00 bits per heavy atom. The van der Waals surface area contributed by atoms with Gasteiger partial charge in [-0.3, -0.25) is 0 Å². The van der Waals surface area contributed by atoms with Crippen LogP contribution in [0.2, 0.25) is 0 Å². The van der Waals surface area contributed by atoms with Crippen LogP contribution in [0.25, 0.3) is 0 Å². The lowest BCUT2D eigenvalue weighted by molar-refractivity contribution is 0.532. The first-order chi connectivity index (χ1) is 8.88. The molecule has 1 rings (SSSR count). The summed E-state index contributed by atoms with van der Waals surface area (Å²) in [5.74, 6) is 0. The van der Waals surface area contributed by atoms with Crippen molar-refractivity contribution < 1.29 is 4.79 Å². The number of nitrogens with zero attached hydrogens (tertiary/aromatic N) is 1. The lowest BCUT2D eigenvalue weighted by atomic mass is 10.0. The second kappa shape index (κ2) is 9.61. The van der Waals surface area contributed by atoms with E-state index in [0.29, 0.717) is 0 Å². The van der Waals surface area contributed by atoms with Crippen molar-refractivity contribution in [3.8, 4) is 0 Å². The molecule has 0 aromatic heterocycles. The Morgan fingerprint density at radius 1 is 1.22 bits per heavy atom. The quantitative estimate of drug-likeness (QED) is 0.354. The van der Waals surface area contributed by atoms with Crippen LogP contribution in [0.5, 0.6) is 0 Å². The summed E-state index contributed by atoms with van der Waals surface area (Å²) in [7, 11) is 0. The highest BCUT2D eigenvalue weighted by atomic mass is 16.1. The van der Waals surface area contributed by atoms with Crippen LogP contribution >= 0.6 is 0 Å². The number of unbranched alkanes of at least 4 members (excludes halogenated alkanes) is 5. The molecule has 0 spiro atoms. The van der Waals surface area contributed by atoms with Crippen molar-refractivity contribution in [1.29, 1.82) is 0 Å².